The summed E-state index contributed by atoms with van der Waals surface area (Å²) in [5.41, 5.74) is 3.06. The van der Waals surface area contributed by atoms with Gasteiger partial charge in [0.05, 0.1) is 0 Å². The molecule has 3 rings (SSSR count). The minimum absolute atomic E-state index is 0.752. The zero-order valence-corrected chi connectivity index (χ0v) is 11.0. The summed E-state index contributed by atoms with van der Waals surface area (Å²) in [6.07, 6.45) is 7.92. The molecule has 2 aliphatic rings. The van der Waals surface area contributed by atoms with Crippen LogP contribution in [0.3, 0.4) is 0 Å². The second-order valence-electron chi connectivity index (χ2n) is 5.46. The van der Waals surface area contributed by atoms with Gasteiger partial charge in [-0.2, -0.15) is 0 Å². The molecule has 2 heteroatoms. The van der Waals surface area contributed by atoms with Gasteiger partial charge in [0, 0.05) is 11.1 Å². The lowest BCUT2D eigenvalue weighted by Gasteiger charge is -2.28. The third-order valence-corrected chi connectivity index (χ3v) is 4.51. The summed E-state index contributed by atoms with van der Waals surface area (Å²) in [6, 6.07) is 7.24. The molecule has 1 N–H and O–H groups in total. The summed E-state index contributed by atoms with van der Waals surface area (Å²) in [6.45, 7) is 1.21. The molecule has 1 aromatic carbocycles. The Morgan fingerprint density at radius 1 is 1.24 bits per heavy atom. The SMILES string of the molecule is Clc1ccc2c(c1)CCCC2CC1CCCN1. The monoisotopic (exact) mass is 249 g/mol. The van der Waals surface area contributed by atoms with Crippen LogP contribution < -0.4 is 5.32 Å². The molecular weight excluding hydrogens is 230 g/mol. The molecule has 1 saturated heterocycles. The average molecular weight is 250 g/mol. The number of aryl methyl sites for hydroxylation is 1. The van der Waals surface area contributed by atoms with Gasteiger partial charge in [0.2, 0.25) is 0 Å². The summed E-state index contributed by atoms with van der Waals surface area (Å²) < 4.78 is 0. The van der Waals surface area contributed by atoms with Crippen molar-refractivity contribution in [3.63, 3.8) is 0 Å². The summed E-state index contributed by atoms with van der Waals surface area (Å²) >= 11 is 6.08. The maximum absolute atomic E-state index is 6.08. The van der Waals surface area contributed by atoms with E-state index in [1.165, 1.54) is 50.6 Å². The van der Waals surface area contributed by atoms with Crippen LogP contribution in [0.25, 0.3) is 0 Å². The average Bonchev–Trinajstić information content (AvgIpc) is 2.82. The summed E-state index contributed by atoms with van der Waals surface area (Å²) in [7, 11) is 0. The Labute approximate surface area is 109 Å². The third-order valence-electron chi connectivity index (χ3n) is 4.27. The van der Waals surface area contributed by atoms with Crippen LogP contribution in [0.15, 0.2) is 18.2 Å². The van der Waals surface area contributed by atoms with Crippen LogP contribution in [-0.4, -0.2) is 12.6 Å². The standard InChI is InChI=1S/C15H20ClN/c16-13-6-7-15-11(9-13)3-1-4-12(15)10-14-5-2-8-17-14/h6-7,9,12,14,17H,1-5,8,10H2. The van der Waals surface area contributed by atoms with Gasteiger partial charge in [-0.25, -0.2) is 0 Å². The van der Waals surface area contributed by atoms with Gasteiger partial charge in [-0.15, -0.1) is 0 Å². The highest BCUT2D eigenvalue weighted by atomic mass is 35.5. The van der Waals surface area contributed by atoms with Gasteiger partial charge in [-0.3, -0.25) is 0 Å². The van der Waals surface area contributed by atoms with E-state index in [9.17, 15) is 0 Å². The fraction of sp³-hybridized carbons (Fsp3) is 0.600. The van der Waals surface area contributed by atoms with E-state index in [4.69, 9.17) is 11.6 Å². The van der Waals surface area contributed by atoms with Gasteiger partial charge in [-0.1, -0.05) is 17.7 Å². The van der Waals surface area contributed by atoms with Gasteiger partial charge in [0.1, 0.15) is 0 Å². The molecule has 92 valence electrons. The fourth-order valence-corrected chi connectivity index (χ4v) is 3.62. The molecular formula is C15H20ClN. The molecule has 0 saturated carbocycles. The molecule has 17 heavy (non-hydrogen) atoms. The molecule has 0 radical (unpaired) electrons. The molecule has 2 atom stereocenters. The maximum Gasteiger partial charge on any atom is 0.0408 e. The van der Waals surface area contributed by atoms with Crippen molar-refractivity contribution in [2.45, 2.75) is 50.5 Å². The largest absolute Gasteiger partial charge is 0.314 e. The van der Waals surface area contributed by atoms with Crippen LogP contribution in [0.4, 0.5) is 0 Å². The molecule has 1 aliphatic heterocycles. The zero-order valence-electron chi connectivity index (χ0n) is 10.2. The molecule has 1 fully saturated rings. The second-order valence-corrected chi connectivity index (χ2v) is 5.90. The Kier molecular flexibility index (Phi) is 3.39. The van der Waals surface area contributed by atoms with E-state index < -0.39 is 0 Å². The van der Waals surface area contributed by atoms with Crippen molar-refractivity contribution in [3.05, 3.63) is 34.3 Å². The van der Waals surface area contributed by atoms with Crippen LogP contribution in [-0.2, 0) is 6.42 Å². The van der Waals surface area contributed by atoms with Crippen LogP contribution in [0.5, 0.6) is 0 Å². The lowest BCUT2D eigenvalue weighted by Crippen LogP contribution is -2.25. The van der Waals surface area contributed by atoms with Gasteiger partial charge >= 0.3 is 0 Å². The number of halogens is 1. The van der Waals surface area contributed by atoms with E-state index in [2.05, 4.69) is 23.5 Å². The quantitative estimate of drug-likeness (QED) is 0.838. The Balaban J connectivity index is 1.78. The first kappa shape index (κ1) is 11.6. The van der Waals surface area contributed by atoms with E-state index in [-0.39, 0.29) is 0 Å². The van der Waals surface area contributed by atoms with Crippen LogP contribution in [0.1, 0.15) is 49.1 Å². The van der Waals surface area contributed by atoms with Gasteiger partial charge in [-0.05, 0) is 74.2 Å². The van der Waals surface area contributed by atoms with E-state index in [1.54, 1.807) is 5.56 Å². The van der Waals surface area contributed by atoms with Crippen LogP contribution in [0.2, 0.25) is 5.02 Å². The second kappa shape index (κ2) is 4.99. The fourth-order valence-electron chi connectivity index (χ4n) is 3.43. The molecule has 0 bridgehead atoms. The number of benzene rings is 1. The zero-order chi connectivity index (χ0) is 11.7. The Morgan fingerprint density at radius 3 is 3.00 bits per heavy atom. The van der Waals surface area contributed by atoms with Crippen molar-refractivity contribution in [1.82, 2.24) is 5.32 Å². The van der Waals surface area contributed by atoms with Crippen LogP contribution in [0, 0.1) is 0 Å². The van der Waals surface area contributed by atoms with Crippen molar-refractivity contribution in [2.75, 3.05) is 6.54 Å². The smallest absolute Gasteiger partial charge is 0.0408 e. The van der Waals surface area contributed by atoms with Crippen molar-refractivity contribution in [2.24, 2.45) is 0 Å². The Bertz CT molecular complexity index is 396. The number of rotatable bonds is 2. The predicted molar refractivity (Wildman–Crippen MR) is 72.8 cm³/mol. The van der Waals surface area contributed by atoms with Gasteiger partial charge in [0.25, 0.3) is 0 Å². The van der Waals surface area contributed by atoms with E-state index in [0.29, 0.717) is 0 Å². The third kappa shape index (κ3) is 2.51. The molecule has 1 nitrogen and oxygen atoms in total. The van der Waals surface area contributed by atoms with E-state index in [0.717, 1.165) is 17.0 Å². The summed E-state index contributed by atoms with van der Waals surface area (Å²) in [4.78, 5) is 0. The first-order chi connectivity index (χ1) is 8.33. The van der Waals surface area contributed by atoms with Crippen molar-refractivity contribution >= 4 is 11.6 Å². The number of nitrogens with one attached hydrogen (secondary N) is 1. The summed E-state index contributed by atoms with van der Waals surface area (Å²) in [5.74, 6) is 0.756. The van der Waals surface area contributed by atoms with Crippen molar-refractivity contribution < 1.29 is 0 Å². The van der Waals surface area contributed by atoms with Crippen molar-refractivity contribution in [1.29, 1.82) is 0 Å². The normalized spacial score (nSPS) is 28.1. The highest BCUT2D eigenvalue weighted by molar-refractivity contribution is 6.30. The maximum atomic E-state index is 6.08. The van der Waals surface area contributed by atoms with Crippen molar-refractivity contribution in [3.8, 4) is 0 Å². The van der Waals surface area contributed by atoms with Gasteiger partial charge < -0.3 is 5.32 Å². The number of hydrogen-bond donors (Lipinski definition) is 1. The molecule has 0 aromatic heterocycles. The first-order valence-electron chi connectivity index (χ1n) is 6.84. The topological polar surface area (TPSA) is 12.0 Å². The minimum atomic E-state index is 0.752. The first-order valence-corrected chi connectivity index (χ1v) is 7.22. The summed E-state index contributed by atoms with van der Waals surface area (Å²) in [5, 5.41) is 4.51. The molecule has 0 spiro atoms. The molecule has 1 heterocycles. The predicted octanol–water partition coefficient (Wildman–Crippen LogP) is 3.90. The van der Waals surface area contributed by atoms with Gasteiger partial charge in [0.15, 0.2) is 0 Å². The minimum Gasteiger partial charge on any atom is -0.314 e. The lowest BCUT2D eigenvalue weighted by atomic mass is 9.79. The van der Waals surface area contributed by atoms with E-state index in [1.807, 2.05) is 0 Å². The molecule has 1 aromatic rings. The highest BCUT2D eigenvalue weighted by Crippen LogP contribution is 2.36. The number of hydrogen-bond acceptors (Lipinski definition) is 1. The molecule has 1 aliphatic carbocycles. The van der Waals surface area contributed by atoms with Crippen LogP contribution >= 0.6 is 11.6 Å². The Hall–Kier alpha value is -0.530. The van der Waals surface area contributed by atoms with E-state index >= 15 is 0 Å². The highest BCUT2D eigenvalue weighted by Gasteiger charge is 2.24. The Morgan fingerprint density at radius 2 is 2.18 bits per heavy atom. The molecule has 2 unspecified atom stereocenters. The number of fused-ring (bicyclic) bond motifs is 1. The molecule has 0 amide bonds. The lowest BCUT2D eigenvalue weighted by molar-refractivity contribution is 0.445.